The average Bonchev–Trinajstić information content (AvgIpc) is 2.42. The first-order valence-electron chi connectivity index (χ1n) is 7.26. The SMILES string of the molecule is Cc1cc(NS(=O)(=O)c2cc(F)cc(F)c2)cc(C)c1S(=O)(=O)C[N+](=O)[O-]. The number of hydrogen-bond acceptors (Lipinski definition) is 6. The van der Waals surface area contributed by atoms with Gasteiger partial charge in [-0.15, -0.1) is 0 Å². The number of rotatable bonds is 6. The topological polar surface area (TPSA) is 123 Å². The van der Waals surface area contributed by atoms with Crippen molar-refractivity contribution in [1.29, 1.82) is 0 Å². The quantitative estimate of drug-likeness (QED) is 0.565. The third-order valence-electron chi connectivity index (χ3n) is 3.45. The molecule has 0 aliphatic rings. The molecule has 2 aromatic carbocycles. The number of sulfonamides is 1. The van der Waals surface area contributed by atoms with E-state index in [1.807, 2.05) is 0 Å². The lowest BCUT2D eigenvalue weighted by Gasteiger charge is -2.13. The van der Waals surface area contributed by atoms with Gasteiger partial charge in [0.05, 0.1) is 9.79 Å². The fraction of sp³-hybridized carbons (Fsp3) is 0.200. The van der Waals surface area contributed by atoms with E-state index in [0.717, 1.165) is 12.1 Å². The Morgan fingerprint density at radius 2 is 1.44 bits per heavy atom. The van der Waals surface area contributed by atoms with Crippen LogP contribution >= 0.6 is 0 Å². The van der Waals surface area contributed by atoms with Crippen molar-refractivity contribution in [1.82, 2.24) is 0 Å². The van der Waals surface area contributed by atoms with Crippen LogP contribution in [0.5, 0.6) is 0 Å². The second-order valence-electron chi connectivity index (χ2n) is 5.73. The van der Waals surface area contributed by atoms with E-state index in [1.54, 1.807) is 0 Å². The summed E-state index contributed by atoms with van der Waals surface area (Å²) in [5.41, 5.74) is 0.106. The molecule has 0 heterocycles. The molecular weight excluding hydrogens is 406 g/mol. The van der Waals surface area contributed by atoms with Gasteiger partial charge in [0.15, 0.2) is 0 Å². The van der Waals surface area contributed by atoms with Crippen LogP contribution in [-0.4, -0.2) is 27.6 Å². The summed E-state index contributed by atoms with van der Waals surface area (Å²) >= 11 is 0. The largest absolute Gasteiger partial charge is 0.305 e. The van der Waals surface area contributed by atoms with Crippen LogP contribution in [-0.2, 0) is 19.9 Å². The van der Waals surface area contributed by atoms with E-state index in [0.29, 0.717) is 18.2 Å². The van der Waals surface area contributed by atoms with Crippen molar-refractivity contribution < 1.29 is 30.5 Å². The Bertz CT molecular complexity index is 1090. The Morgan fingerprint density at radius 1 is 0.963 bits per heavy atom. The van der Waals surface area contributed by atoms with E-state index >= 15 is 0 Å². The van der Waals surface area contributed by atoms with Gasteiger partial charge < -0.3 is 0 Å². The molecule has 0 fully saturated rings. The van der Waals surface area contributed by atoms with Crippen LogP contribution in [0.4, 0.5) is 14.5 Å². The van der Waals surface area contributed by atoms with Crippen molar-refractivity contribution in [3.63, 3.8) is 0 Å². The molecule has 12 heteroatoms. The van der Waals surface area contributed by atoms with Crippen molar-refractivity contribution >= 4 is 25.5 Å². The summed E-state index contributed by atoms with van der Waals surface area (Å²) in [5, 5.41) is 10.6. The molecule has 0 unspecified atom stereocenters. The van der Waals surface area contributed by atoms with Gasteiger partial charge in [-0.25, -0.2) is 25.6 Å². The Morgan fingerprint density at radius 3 is 1.89 bits per heavy atom. The summed E-state index contributed by atoms with van der Waals surface area (Å²) < 4.78 is 77.5. The second kappa shape index (κ2) is 7.19. The van der Waals surface area contributed by atoms with Crippen LogP contribution in [0.25, 0.3) is 0 Å². The van der Waals surface area contributed by atoms with Crippen molar-refractivity contribution in [2.45, 2.75) is 23.6 Å². The third-order valence-corrected chi connectivity index (χ3v) is 6.62. The molecule has 1 N–H and O–H groups in total. The maximum Gasteiger partial charge on any atom is 0.305 e. The Balaban J connectivity index is 2.46. The second-order valence-corrected chi connectivity index (χ2v) is 9.30. The fourth-order valence-electron chi connectivity index (χ4n) is 2.60. The van der Waals surface area contributed by atoms with E-state index in [1.165, 1.54) is 13.8 Å². The van der Waals surface area contributed by atoms with Gasteiger partial charge >= 0.3 is 5.88 Å². The van der Waals surface area contributed by atoms with E-state index in [9.17, 15) is 35.7 Å². The highest BCUT2D eigenvalue weighted by Gasteiger charge is 2.26. The van der Waals surface area contributed by atoms with Crippen molar-refractivity contribution in [2.24, 2.45) is 0 Å². The predicted molar refractivity (Wildman–Crippen MR) is 92.1 cm³/mol. The molecule has 0 saturated carbocycles. The highest BCUT2D eigenvalue weighted by atomic mass is 32.2. The summed E-state index contributed by atoms with van der Waals surface area (Å²) in [6.07, 6.45) is 0. The van der Waals surface area contributed by atoms with Crippen molar-refractivity contribution in [2.75, 3.05) is 10.6 Å². The Hall–Kier alpha value is -2.60. The minimum atomic E-state index is -4.35. The zero-order valence-corrected chi connectivity index (χ0v) is 15.7. The van der Waals surface area contributed by atoms with Gasteiger partial charge in [-0.3, -0.25) is 14.8 Å². The number of anilines is 1. The molecule has 0 bridgehead atoms. The van der Waals surface area contributed by atoms with Crippen LogP contribution in [0.1, 0.15) is 11.1 Å². The normalized spacial score (nSPS) is 12.0. The van der Waals surface area contributed by atoms with Gasteiger partial charge in [-0.1, -0.05) is 0 Å². The standard InChI is InChI=1S/C15H14F2N2O6S2/c1-9-3-13(4-10(2)15(9)26(22,23)8-19(20)21)18-27(24,25)14-6-11(16)5-12(17)7-14/h3-7,18H,8H2,1-2H3. The zero-order valence-electron chi connectivity index (χ0n) is 14.1. The van der Waals surface area contributed by atoms with Crippen LogP contribution in [0.15, 0.2) is 40.1 Å². The van der Waals surface area contributed by atoms with Gasteiger partial charge in [0.2, 0.25) is 9.84 Å². The molecule has 0 saturated heterocycles. The van der Waals surface area contributed by atoms with Crippen LogP contribution < -0.4 is 4.72 Å². The molecule has 2 rings (SSSR count). The van der Waals surface area contributed by atoms with E-state index in [2.05, 4.69) is 4.72 Å². The van der Waals surface area contributed by atoms with Gasteiger partial charge in [0.25, 0.3) is 10.0 Å². The molecular formula is C15H14F2N2O6S2. The molecule has 27 heavy (non-hydrogen) atoms. The highest BCUT2D eigenvalue weighted by molar-refractivity contribution is 7.92. The van der Waals surface area contributed by atoms with E-state index in [4.69, 9.17) is 0 Å². The summed E-state index contributed by atoms with van der Waals surface area (Å²) in [4.78, 5) is 8.64. The number of benzene rings is 2. The lowest BCUT2D eigenvalue weighted by atomic mass is 10.1. The van der Waals surface area contributed by atoms with Gasteiger partial charge in [-0.2, -0.15) is 0 Å². The zero-order chi connectivity index (χ0) is 20.6. The molecule has 0 aliphatic heterocycles. The number of halogens is 2. The van der Waals surface area contributed by atoms with Gasteiger partial charge in [0.1, 0.15) is 11.6 Å². The molecule has 0 radical (unpaired) electrons. The van der Waals surface area contributed by atoms with Crippen molar-refractivity contribution in [3.05, 3.63) is 63.2 Å². The smallest absolute Gasteiger partial charge is 0.280 e. The van der Waals surface area contributed by atoms with Crippen LogP contribution in [0, 0.1) is 35.6 Å². The fourth-order valence-corrected chi connectivity index (χ4v) is 5.19. The molecule has 0 aromatic heterocycles. The number of aryl methyl sites for hydroxylation is 2. The molecule has 0 aliphatic carbocycles. The molecule has 2 aromatic rings. The Labute approximate surface area is 154 Å². The molecule has 0 spiro atoms. The number of nitro groups is 1. The lowest BCUT2D eigenvalue weighted by molar-refractivity contribution is -0.458. The first-order valence-corrected chi connectivity index (χ1v) is 10.4. The average molecular weight is 420 g/mol. The summed E-state index contributed by atoms with van der Waals surface area (Å²) in [6.45, 7) is 2.69. The number of hydrogen-bond donors (Lipinski definition) is 1. The first kappa shape index (κ1) is 20.7. The number of nitrogens with zero attached hydrogens (tertiary/aromatic N) is 1. The lowest BCUT2D eigenvalue weighted by Crippen LogP contribution is -2.18. The van der Waals surface area contributed by atoms with Gasteiger partial charge in [0, 0.05) is 16.7 Å². The first-order chi connectivity index (χ1) is 12.3. The number of nitrogens with one attached hydrogen (secondary N) is 1. The van der Waals surface area contributed by atoms with E-state index < -0.39 is 47.2 Å². The molecule has 8 nitrogen and oxygen atoms in total. The highest BCUT2D eigenvalue weighted by Crippen LogP contribution is 2.27. The molecule has 0 amide bonds. The Kier molecular flexibility index (Phi) is 5.52. The minimum absolute atomic E-state index is 0.0604. The maximum absolute atomic E-state index is 13.3. The van der Waals surface area contributed by atoms with Crippen LogP contribution in [0.3, 0.4) is 0 Å². The molecule has 0 atom stereocenters. The third kappa shape index (κ3) is 4.77. The monoisotopic (exact) mass is 420 g/mol. The summed E-state index contributed by atoms with van der Waals surface area (Å²) in [6, 6.07) is 4.09. The van der Waals surface area contributed by atoms with Crippen molar-refractivity contribution in [3.8, 4) is 0 Å². The number of sulfone groups is 1. The molecule has 146 valence electrons. The summed E-state index contributed by atoms with van der Waals surface area (Å²) in [5.74, 6) is -3.46. The van der Waals surface area contributed by atoms with Crippen LogP contribution in [0.2, 0.25) is 0 Å². The predicted octanol–water partition coefficient (Wildman–Crippen LogP) is 2.39. The van der Waals surface area contributed by atoms with E-state index in [-0.39, 0.29) is 21.7 Å². The summed E-state index contributed by atoms with van der Waals surface area (Å²) in [7, 11) is -8.57. The minimum Gasteiger partial charge on any atom is -0.280 e. The maximum atomic E-state index is 13.3. The van der Waals surface area contributed by atoms with Gasteiger partial charge in [-0.05, 0) is 49.2 Å².